The molecule has 0 aliphatic carbocycles. The molecular weight excluding hydrogens is 333 g/mol. The van der Waals surface area contributed by atoms with Crippen LogP contribution in [0.25, 0.3) is 0 Å². The zero-order chi connectivity index (χ0) is 16.7. The fraction of sp³-hybridized carbons (Fsp3) is 0.235. The number of halogens is 1. The van der Waals surface area contributed by atoms with Crippen molar-refractivity contribution in [2.75, 3.05) is 0 Å². The molecule has 1 atom stereocenters. The lowest BCUT2D eigenvalue weighted by Gasteiger charge is -2.26. The molecule has 0 fully saturated rings. The molecule has 0 bridgehead atoms. The molecule has 0 aromatic heterocycles. The van der Waals surface area contributed by atoms with Crippen LogP contribution in [0.4, 0.5) is 0 Å². The number of para-hydroxylation sites is 1. The molecule has 1 unspecified atom stereocenters. The van der Waals surface area contributed by atoms with Crippen LogP contribution in [0.15, 0.2) is 60.7 Å². The predicted octanol–water partition coefficient (Wildman–Crippen LogP) is 4.64. The first-order valence-corrected chi connectivity index (χ1v) is 9.32. The van der Waals surface area contributed by atoms with Gasteiger partial charge in [-0.05, 0) is 42.8 Å². The second-order valence-corrected chi connectivity index (χ2v) is 7.26. The lowest BCUT2D eigenvalue weighted by Crippen LogP contribution is -2.45. The third-order valence-corrected chi connectivity index (χ3v) is 4.59. The second kappa shape index (κ2) is 8.30. The third-order valence-electron chi connectivity index (χ3n) is 3.02. The number of hydrogen-bond donors (Lipinski definition) is 1. The summed E-state index contributed by atoms with van der Waals surface area (Å²) in [5, 5.41) is 2.97. The molecule has 0 aliphatic rings. The Morgan fingerprint density at radius 3 is 2.26 bits per heavy atom. The van der Waals surface area contributed by atoms with Gasteiger partial charge in [-0.15, -0.1) is 0 Å². The summed E-state index contributed by atoms with van der Waals surface area (Å²) in [6.07, 6.45) is 0. The van der Waals surface area contributed by atoms with Crippen molar-refractivity contribution >= 4 is 24.9 Å². The van der Waals surface area contributed by atoms with Crippen LogP contribution in [0.2, 0.25) is 0 Å². The van der Waals surface area contributed by atoms with Crippen LogP contribution in [-0.4, -0.2) is 11.5 Å². The number of hydrogen-bond acceptors (Lipinski definition) is 4. The smallest absolute Gasteiger partial charge is 0.326 e. The number of carbonyl (C=O) groups excluding carboxylic acids is 1. The van der Waals surface area contributed by atoms with E-state index < -0.39 is 13.2 Å². The first-order chi connectivity index (χ1) is 11.0. The molecule has 122 valence electrons. The highest BCUT2D eigenvalue weighted by atomic mass is 35.7. The molecule has 0 spiro atoms. The summed E-state index contributed by atoms with van der Waals surface area (Å²) >= 11 is 6.18. The van der Waals surface area contributed by atoms with E-state index in [-0.39, 0.29) is 12.6 Å². The monoisotopic (exact) mass is 351 g/mol. The highest BCUT2D eigenvalue weighted by molar-refractivity contribution is 7.78. The van der Waals surface area contributed by atoms with E-state index >= 15 is 0 Å². The van der Waals surface area contributed by atoms with Crippen molar-refractivity contribution in [1.29, 1.82) is 0 Å². The van der Waals surface area contributed by atoms with Crippen LogP contribution in [0, 0.1) is 0 Å². The zero-order valence-corrected chi connectivity index (χ0v) is 14.7. The van der Waals surface area contributed by atoms with E-state index in [1.54, 1.807) is 26.0 Å². The van der Waals surface area contributed by atoms with E-state index in [2.05, 4.69) is 5.09 Å². The summed E-state index contributed by atoms with van der Waals surface area (Å²) in [6.45, 7) is 3.66. The topological polar surface area (TPSA) is 47.6 Å². The van der Waals surface area contributed by atoms with E-state index in [0.717, 1.165) is 5.56 Å². The fourth-order valence-corrected chi connectivity index (χ4v) is 3.52. The average Bonchev–Trinajstić information content (AvgIpc) is 2.54. The van der Waals surface area contributed by atoms with E-state index in [1.165, 1.54) is 0 Å². The Kier molecular flexibility index (Phi) is 6.40. The summed E-state index contributed by atoms with van der Waals surface area (Å²) in [5.41, 5.74) is -0.0119. The number of rotatable bonds is 7. The Balaban J connectivity index is 1.85. The lowest BCUT2D eigenvalue weighted by molar-refractivity contribution is -0.150. The first-order valence-electron chi connectivity index (χ1n) is 7.15. The largest absolute Gasteiger partial charge is 0.459 e. The van der Waals surface area contributed by atoms with Gasteiger partial charge >= 0.3 is 5.97 Å². The van der Waals surface area contributed by atoms with Crippen LogP contribution in [0.3, 0.4) is 0 Å². The standard InChI is InChI=1S/C17H19ClNO3P/c1-17(2,16(20)21-13-14-9-5-3-6-10-14)19-23(18)22-15-11-7-4-8-12-15/h3-12,19H,13H2,1-2H3. The quantitative estimate of drug-likeness (QED) is 0.583. The van der Waals surface area contributed by atoms with Gasteiger partial charge in [0.1, 0.15) is 17.9 Å². The number of esters is 1. The maximum absolute atomic E-state index is 12.2. The van der Waals surface area contributed by atoms with Gasteiger partial charge in [0.15, 0.2) is 0 Å². The van der Waals surface area contributed by atoms with E-state index in [9.17, 15) is 4.79 Å². The molecular formula is C17H19ClNO3P. The van der Waals surface area contributed by atoms with Gasteiger partial charge in [-0.1, -0.05) is 48.5 Å². The minimum Gasteiger partial charge on any atom is -0.459 e. The van der Waals surface area contributed by atoms with E-state index in [1.807, 2.05) is 48.5 Å². The molecule has 4 nitrogen and oxygen atoms in total. The van der Waals surface area contributed by atoms with Gasteiger partial charge in [0, 0.05) is 0 Å². The fourth-order valence-electron chi connectivity index (χ4n) is 1.77. The van der Waals surface area contributed by atoms with Crippen molar-refractivity contribution in [2.24, 2.45) is 0 Å². The molecule has 1 N–H and O–H groups in total. The number of benzene rings is 2. The SMILES string of the molecule is CC(C)(NP(Cl)Oc1ccccc1)C(=O)OCc1ccccc1. The Morgan fingerprint density at radius 1 is 1.09 bits per heavy atom. The van der Waals surface area contributed by atoms with Crippen molar-refractivity contribution < 1.29 is 14.1 Å². The predicted molar refractivity (Wildman–Crippen MR) is 93.3 cm³/mol. The van der Waals surface area contributed by atoms with Gasteiger partial charge in [-0.3, -0.25) is 4.79 Å². The van der Waals surface area contributed by atoms with Crippen LogP contribution in [0.5, 0.6) is 5.75 Å². The van der Waals surface area contributed by atoms with Crippen LogP contribution >= 0.6 is 18.9 Å². The van der Waals surface area contributed by atoms with Crippen molar-refractivity contribution in [1.82, 2.24) is 5.09 Å². The summed E-state index contributed by atoms with van der Waals surface area (Å²) in [7, 11) is -1.52. The summed E-state index contributed by atoms with van der Waals surface area (Å²) in [4.78, 5) is 12.2. The van der Waals surface area contributed by atoms with Gasteiger partial charge in [-0.2, -0.15) is 0 Å². The van der Waals surface area contributed by atoms with Crippen molar-refractivity contribution in [3.05, 3.63) is 66.2 Å². The highest BCUT2D eigenvalue weighted by Crippen LogP contribution is 2.41. The number of ether oxygens (including phenoxy) is 1. The average molecular weight is 352 g/mol. The Hall–Kier alpha value is -1.61. The molecule has 0 saturated carbocycles. The first kappa shape index (κ1) is 17.7. The van der Waals surface area contributed by atoms with Gasteiger partial charge < -0.3 is 9.26 Å². The lowest BCUT2D eigenvalue weighted by atomic mass is 10.1. The van der Waals surface area contributed by atoms with Gasteiger partial charge in [0.2, 0.25) is 0 Å². The second-order valence-electron chi connectivity index (χ2n) is 5.45. The molecule has 0 aliphatic heterocycles. The molecule has 23 heavy (non-hydrogen) atoms. The Morgan fingerprint density at radius 2 is 1.65 bits per heavy atom. The minimum atomic E-state index is -1.52. The summed E-state index contributed by atoms with van der Waals surface area (Å²) in [6, 6.07) is 18.7. The van der Waals surface area contributed by atoms with Crippen molar-refractivity contribution in [2.45, 2.75) is 26.0 Å². The van der Waals surface area contributed by atoms with Crippen molar-refractivity contribution in [3.8, 4) is 5.75 Å². The minimum absolute atomic E-state index is 0.227. The highest BCUT2D eigenvalue weighted by Gasteiger charge is 2.32. The molecule has 2 rings (SSSR count). The Labute approximate surface area is 142 Å². The Bertz CT molecular complexity index is 622. The van der Waals surface area contributed by atoms with Crippen LogP contribution in [0.1, 0.15) is 19.4 Å². The zero-order valence-electron chi connectivity index (χ0n) is 13.0. The normalized spacial score (nSPS) is 12.5. The van der Waals surface area contributed by atoms with Gasteiger partial charge in [-0.25, -0.2) is 5.09 Å². The molecule has 0 radical (unpaired) electrons. The maximum atomic E-state index is 12.2. The summed E-state index contributed by atoms with van der Waals surface area (Å²) in [5.74, 6) is 0.265. The molecule has 6 heteroatoms. The van der Waals surface area contributed by atoms with Gasteiger partial charge in [0.25, 0.3) is 7.65 Å². The maximum Gasteiger partial charge on any atom is 0.326 e. The molecule has 2 aromatic carbocycles. The van der Waals surface area contributed by atoms with Crippen LogP contribution in [-0.2, 0) is 16.1 Å². The van der Waals surface area contributed by atoms with E-state index in [0.29, 0.717) is 5.75 Å². The number of nitrogens with one attached hydrogen (secondary N) is 1. The number of carbonyl (C=O) groups is 1. The van der Waals surface area contributed by atoms with Gasteiger partial charge in [0.05, 0.1) is 0 Å². The van der Waals surface area contributed by atoms with E-state index in [4.69, 9.17) is 20.5 Å². The third kappa shape index (κ3) is 5.83. The van der Waals surface area contributed by atoms with Crippen LogP contribution < -0.4 is 9.61 Å². The van der Waals surface area contributed by atoms with Crippen molar-refractivity contribution in [3.63, 3.8) is 0 Å². The molecule has 0 heterocycles. The molecule has 0 saturated heterocycles. The summed E-state index contributed by atoms with van der Waals surface area (Å²) < 4.78 is 10.9. The molecule has 0 amide bonds. The molecule has 2 aromatic rings.